The molecule has 1 fully saturated rings. The zero-order chi connectivity index (χ0) is 23.2. The molecule has 0 radical (unpaired) electrons. The zero-order valence-electron chi connectivity index (χ0n) is 19.4. The largest absolute Gasteiger partial charge is 0.497 e. The third kappa shape index (κ3) is 6.24. The predicted molar refractivity (Wildman–Crippen MR) is 132 cm³/mol. The van der Waals surface area contributed by atoms with E-state index in [0.717, 1.165) is 67.7 Å². The Bertz CT molecular complexity index is 963. The molecule has 7 nitrogen and oxygen atoms in total. The van der Waals surface area contributed by atoms with E-state index in [4.69, 9.17) is 21.1 Å². The Morgan fingerprint density at radius 1 is 1.18 bits per heavy atom. The van der Waals surface area contributed by atoms with Gasteiger partial charge in [-0.15, -0.1) is 0 Å². The fourth-order valence-electron chi connectivity index (χ4n) is 4.47. The van der Waals surface area contributed by atoms with Crippen LogP contribution in [0.4, 0.5) is 10.5 Å². The second-order valence-electron chi connectivity index (χ2n) is 8.70. The molecule has 1 saturated heterocycles. The van der Waals surface area contributed by atoms with E-state index in [0.29, 0.717) is 13.2 Å². The summed E-state index contributed by atoms with van der Waals surface area (Å²) in [5.41, 5.74) is 3.54. The first kappa shape index (κ1) is 23.5. The molecule has 1 atom stereocenters. The van der Waals surface area contributed by atoms with Crippen LogP contribution in [0.3, 0.4) is 0 Å². The van der Waals surface area contributed by atoms with Crippen LogP contribution in [0.2, 0.25) is 5.02 Å². The van der Waals surface area contributed by atoms with E-state index in [-0.39, 0.29) is 12.1 Å². The van der Waals surface area contributed by atoms with Gasteiger partial charge in [-0.3, -0.25) is 4.90 Å². The predicted octanol–water partition coefficient (Wildman–Crippen LogP) is 3.47. The van der Waals surface area contributed by atoms with Gasteiger partial charge in [0.05, 0.1) is 13.2 Å². The Labute approximate surface area is 201 Å². The first-order valence-corrected chi connectivity index (χ1v) is 12.0. The minimum absolute atomic E-state index is 0.0485. The van der Waals surface area contributed by atoms with Crippen molar-refractivity contribution < 1.29 is 14.3 Å². The lowest BCUT2D eigenvalue weighted by Crippen LogP contribution is -2.48. The van der Waals surface area contributed by atoms with E-state index in [1.165, 1.54) is 11.3 Å². The maximum atomic E-state index is 12.3. The Kier molecular flexibility index (Phi) is 7.83. The number of ether oxygens (including phenoxy) is 2. The van der Waals surface area contributed by atoms with Gasteiger partial charge in [0.25, 0.3) is 0 Å². The van der Waals surface area contributed by atoms with Crippen LogP contribution in [-0.2, 0) is 6.42 Å². The van der Waals surface area contributed by atoms with Crippen molar-refractivity contribution >= 4 is 23.3 Å². The second-order valence-corrected chi connectivity index (χ2v) is 9.14. The van der Waals surface area contributed by atoms with Crippen molar-refractivity contribution in [2.45, 2.75) is 25.8 Å². The van der Waals surface area contributed by atoms with Crippen LogP contribution in [0, 0.1) is 6.92 Å². The maximum absolute atomic E-state index is 12.3. The Balaban J connectivity index is 1.13. The summed E-state index contributed by atoms with van der Waals surface area (Å²) in [5, 5.41) is 6.79. The number of hydrogen-bond donors (Lipinski definition) is 2. The highest BCUT2D eigenvalue weighted by atomic mass is 35.5. The SMILES string of the molecule is COc1ccc2c(c1)C[C@@H](NC(=O)NCCCN1CCN(c3cc(Cl)ccc3C)CC1)CO2. The highest BCUT2D eigenvalue weighted by molar-refractivity contribution is 6.30. The number of nitrogens with zero attached hydrogens (tertiary/aromatic N) is 2. The van der Waals surface area contributed by atoms with Crippen LogP contribution < -0.4 is 25.0 Å². The van der Waals surface area contributed by atoms with Crippen LogP contribution in [0.15, 0.2) is 36.4 Å². The van der Waals surface area contributed by atoms with E-state index < -0.39 is 0 Å². The van der Waals surface area contributed by atoms with Gasteiger partial charge in [-0.1, -0.05) is 17.7 Å². The quantitative estimate of drug-likeness (QED) is 0.604. The topological polar surface area (TPSA) is 66.1 Å². The minimum Gasteiger partial charge on any atom is -0.497 e. The molecule has 2 heterocycles. The molecule has 2 aromatic rings. The number of benzene rings is 2. The number of fused-ring (bicyclic) bond motifs is 1. The molecule has 0 saturated carbocycles. The molecule has 2 aromatic carbocycles. The number of anilines is 1. The number of aryl methyl sites for hydroxylation is 1. The molecule has 2 N–H and O–H groups in total. The van der Waals surface area contributed by atoms with E-state index in [1.807, 2.05) is 24.3 Å². The highest BCUT2D eigenvalue weighted by Crippen LogP contribution is 2.28. The van der Waals surface area contributed by atoms with Crippen molar-refractivity contribution in [3.63, 3.8) is 0 Å². The van der Waals surface area contributed by atoms with E-state index >= 15 is 0 Å². The number of carbonyl (C=O) groups is 1. The number of hydrogen-bond acceptors (Lipinski definition) is 5. The smallest absolute Gasteiger partial charge is 0.315 e. The van der Waals surface area contributed by atoms with Crippen LogP contribution in [0.1, 0.15) is 17.5 Å². The number of methoxy groups -OCH3 is 1. The van der Waals surface area contributed by atoms with Crippen molar-refractivity contribution in [1.29, 1.82) is 0 Å². The summed E-state index contributed by atoms with van der Waals surface area (Å²) in [6, 6.07) is 11.7. The normalized spacial score (nSPS) is 18.3. The Morgan fingerprint density at radius 2 is 2.00 bits per heavy atom. The van der Waals surface area contributed by atoms with Gasteiger partial charge < -0.3 is 25.0 Å². The van der Waals surface area contributed by atoms with Crippen LogP contribution in [0.5, 0.6) is 11.5 Å². The summed E-state index contributed by atoms with van der Waals surface area (Å²) in [5.74, 6) is 1.66. The van der Waals surface area contributed by atoms with Gasteiger partial charge >= 0.3 is 6.03 Å². The molecule has 2 aliphatic rings. The summed E-state index contributed by atoms with van der Waals surface area (Å²) in [4.78, 5) is 17.2. The van der Waals surface area contributed by atoms with Gasteiger partial charge in [0.2, 0.25) is 0 Å². The number of rotatable bonds is 7. The molecule has 0 spiro atoms. The van der Waals surface area contributed by atoms with Gasteiger partial charge in [0, 0.05) is 43.4 Å². The number of halogens is 1. The molecule has 33 heavy (non-hydrogen) atoms. The van der Waals surface area contributed by atoms with E-state index in [1.54, 1.807) is 7.11 Å². The monoisotopic (exact) mass is 472 g/mol. The molecule has 2 aliphatic heterocycles. The second kappa shape index (κ2) is 11.0. The number of amides is 2. The third-order valence-corrected chi connectivity index (χ3v) is 6.57. The van der Waals surface area contributed by atoms with Crippen molar-refractivity contribution in [2.24, 2.45) is 0 Å². The molecular formula is C25H33ClN4O3. The number of carbonyl (C=O) groups excluding carboxylic acids is 1. The Hall–Kier alpha value is -2.64. The summed E-state index contributed by atoms with van der Waals surface area (Å²) in [6.45, 7) is 8.24. The standard InChI is InChI=1S/C25H33ClN4O3/c1-18-4-5-20(26)16-23(18)30-12-10-29(11-13-30)9-3-8-27-25(31)28-21-14-19-15-22(32-2)6-7-24(19)33-17-21/h4-7,15-16,21H,3,8-14,17H2,1-2H3,(H2,27,28,31)/t21-/m1/s1. The molecular weight excluding hydrogens is 440 g/mol. The summed E-state index contributed by atoms with van der Waals surface area (Å²) in [6.07, 6.45) is 1.65. The van der Waals surface area contributed by atoms with Gasteiger partial charge in [0.1, 0.15) is 18.1 Å². The molecule has 0 unspecified atom stereocenters. The summed E-state index contributed by atoms with van der Waals surface area (Å²) in [7, 11) is 1.65. The fraction of sp³-hybridized carbons (Fsp3) is 0.480. The molecule has 0 aromatic heterocycles. The van der Waals surface area contributed by atoms with Crippen molar-refractivity contribution in [1.82, 2.24) is 15.5 Å². The van der Waals surface area contributed by atoms with E-state index in [2.05, 4.69) is 39.5 Å². The van der Waals surface area contributed by atoms with Gasteiger partial charge in [0.15, 0.2) is 0 Å². The maximum Gasteiger partial charge on any atom is 0.315 e. The average Bonchev–Trinajstić information content (AvgIpc) is 2.83. The number of nitrogens with one attached hydrogen (secondary N) is 2. The molecule has 2 amide bonds. The van der Waals surface area contributed by atoms with Crippen LogP contribution in [0.25, 0.3) is 0 Å². The fourth-order valence-corrected chi connectivity index (χ4v) is 4.63. The lowest BCUT2D eigenvalue weighted by Gasteiger charge is -2.37. The lowest BCUT2D eigenvalue weighted by molar-refractivity contribution is 0.213. The summed E-state index contributed by atoms with van der Waals surface area (Å²) >= 11 is 6.18. The lowest BCUT2D eigenvalue weighted by atomic mass is 10.0. The minimum atomic E-state index is -0.142. The van der Waals surface area contributed by atoms with Gasteiger partial charge in [-0.25, -0.2) is 4.79 Å². The first-order chi connectivity index (χ1) is 16.0. The third-order valence-electron chi connectivity index (χ3n) is 6.33. The molecule has 178 valence electrons. The van der Waals surface area contributed by atoms with E-state index in [9.17, 15) is 4.79 Å². The summed E-state index contributed by atoms with van der Waals surface area (Å²) < 4.78 is 11.1. The molecule has 0 aliphatic carbocycles. The van der Waals surface area contributed by atoms with Gasteiger partial charge in [-0.2, -0.15) is 0 Å². The van der Waals surface area contributed by atoms with Crippen molar-refractivity contribution in [3.8, 4) is 11.5 Å². The van der Waals surface area contributed by atoms with Crippen molar-refractivity contribution in [2.75, 3.05) is 57.9 Å². The van der Waals surface area contributed by atoms with Crippen molar-refractivity contribution in [3.05, 3.63) is 52.5 Å². The van der Waals surface area contributed by atoms with Crippen LogP contribution >= 0.6 is 11.6 Å². The number of urea groups is 1. The van der Waals surface area contributed by atoms with Gasteiger partial charge in [-0.05, 0) is 67.8 Å². The highest BCUT2D eigenvalue weighted by Gasteiger charge is 2.22. The zero-order valence-corrected chi connectivity index (χ0v) is 20.2. The molecule has 4 rings (SSSR count). The molecule has 0 bridgehead atoms. The van der Waals surface area contributed by atoms with Crippen LogP contribution in [-0.4, -0.2) is 70.0 Å². The first-order valence-electron chi connectivity index (χ1n) is 11.6. The Morgan fingerprint density at radius 3 is 2.79 bits per heavy atom. The number of piperazine rings is 1. The average molecular weight is 473 g/mol. The molecule has 8 heteroatoms.